The van der Waals surface area contributed by atoms with Crippen LogP contribution in [0.4, 0.5) is 16.2 Å². The van der Waals surface area contributed by atoms with Crippen LogP contribution in [0.3, 0.4) is 0 Å². The number of anilines is 2. The van der Waals surface area contributed by atoms with Gasteiger partial charge in [0.1, 0.15) is 23.8 Å². The molecule has 1 aliphatic heterocycles. The Labute approximate surface area is 126 Å². The largest absolute Gasteiger partial charge is 0.394 e. The first-order valence-corrected chi connectivity index (χ1v) is 6.88. The highest BCUT2D eigenvalue weighted by Crippen LogP contribution is 2.48. The van der Waals surface area contributed by atoms with E-state index in [1.54, 1.807) is 12.1 Å². The molecule has 1 saturated heterocycles. The van der Waals surface area contributed by atoms with Gasteiger partial charge in [0.2, 0.25) is 10.5 Å². The average Bonchev–Trinajstić information content (AvgIpc) is 2.91. The Kier molecular flexibility index (Phi) is 3.28. The highest BCUT2D eigenvalue weighted by Gasteiger charge is 2.57. The van der Waals surface area contributed by atoms with Crippen LogP contribution in [0, 0.1) is 0 Å². The van der Waals surface area contributed by atoms with E-state index in [9.17, 15) is 9.50 Å². The maximum Gasteiger partial charge on any atom is 0.240 e. The molecule has 6 N–H and O–H groups in total. The lowest BCUT2D eigenvalue weighted by molar-refractivity contribution is -0.0241. The van der Waals surface area contributed by atoms with Crippen LogP contribution in [0.5, 0.6) is 0 Å². The molecular weight excluding hydrogens is 349 g/mol. The van der Waals surface area contributed by atoms with Crippen LogP contribution in [-0.4, -0.2) is 48.2 Å². The lowest BCUT2D eigenvalue weighted by atomic mass is 10.1. The SMILES string of the molecule is Nc1nc(N)c2ccc([C@@H]3O[C@H](CO)C(O)[C@]3(F)Br)n2n1. The van der Waals surface area contributed by atoms with E-state index in [0.29, 0.717) is 11.2 Å². The monoisotopic (exact) mass is 361 g/mol. The first-order chi connectivity index (χ1) is 9.86. The molecule has 0 aliphatic carbocycles. The van der Waals surface area contributed by atoms with E-state index in [-0.39, 0.29) is 11.8 Å². The molecule has 1 aliphatic rings. The van der Waals surface area contributed by atoms with Crippen LogP contribution in [0.25, 0.3) is 5.52 Å². The number of alkyl halides is 2. The quantitative estimate of drug-likeness (QED) is 0.542. The molecule has 21 heavy (non-hydrogen) atoms. The molecule has 1 unspecified atom stereocenters. The molecule has 8 nitrogen and oxygen atoms in total. The summed E-state index contributed by atoms with van der Waals surface area (Å²) in [6.07, 6.45) is -3.78. The lowest BCUT2D eigenvalue weighted by Crippen LogP contribution is -2.37. The number of hydrogen-bond donors (Lipinski definition) is 4. The molecule has 2 aromatic heterocycles. The van der Waals surface area contributed by atoms with Gasteiger partial charge in [0.25, 0.3) is 0 Å². The summed E-state index contributed by atoms with van der Waals surface area (Å²) >= 11 is 2.83. The third-order valence-electron chi connectivity index (χ3n) is 3.44. The summed E-state index contributed by atoms with van der Waals surface area (Å²) in [6, 6.07) is 3.14. The summed E-state index contributed by atoms with van der Waals surface area (Å²) in [5, 5.41) is 23.0. The van der Waals surface area contributed by atoms with Crippen molar-refractivity contribution in [2.75, 3.05) is 18.1 Å². The van der Waals surface area contributed by atoms with Gasteiger partial charge in [-0.05, 0) is 28.1 Å². The summed E-state index contributed by atoms with van der Waals surface area (Å²) in [5.41, 5.74) is 12.0. The van der Waals surface area contributed by atoms with Gasteiger partial charge in [-0.1, -0.05) is 0 Å². The van der Waals surface area contributed by atoms with Crippen LogP contribution in [0.15, 0.2) is 12.1 Å². The fourth-order valence-corrected chi connectivity index (χ4v) is 3.04. The van der Waals surface area contributed by atoms with Crippen LogP contribution >= 0.6 is 15.9 Å². The number of halogens is 2. The van der Waals surface area contributed by atoms with Crippen molar-refractivity contribution in [3.63, 3.8) is 0 Å². The van der Waals surface area contributed by atoms with Crippen molar-refractivity contribution in [3.8, 4) is 0 Å². The highest BCUT2D eigenvalue weighted by molar-refractivity contribution is 9.10. The first kappa shape index (κ1) is 14.4. The third kappa shape index (κ3) is 2.06. The van der Waals surface area contributed by atoms with Crippen molar-refractivity contribution >= 4 is 33.2 Å². The van der Waals surface area contributed by atoms with E-state index >= 15 is 0 Å². The molecule has 1 fully saturated rings. The second-order valence-corrected chi connectivity index (χ2v) is 5.98. The summed E-state index contributed by atoms with van der Waals surface area (Å²) in [4.78, 5) is 3.81. The molecule has 0 aromatic carbocycles. The van der Waals surface area contributed by atoms with Gasteiger partial charge in [-0.3, -0.25) is 0 Å². The Morgan fingerprint density at radius 2 is 2.19 bits per heavy atom. The standard InChI is InChI=1S/C11H13BrFN5O3/c12-11(13)7(20)6(3-19)21-8(11)4-1-2-5-9(14)16-10(15)17-18(4)5/h1-2,6-8,19-20H,3H2,(H4,14,15,16,17)/t6-,7?,8+,11-/m1/s1. The van der Waals surface area contributed by atoms with Crippen molar-refractivity contribution < 1.29 is 19.3 Å². The third-order valence-corrected chi connectivity index (χ3v) is 4.33. The Balaban J connectivity index is 2.13. The zero-order valence-corrected chi connectivity index (χ0v) is 12.2. The van der Waals surface area contributed by atoms with Crippen molar-refractivity contribution in [2.24, 2.45) is 0 Å². The Hall–Kier alpha value is -1.49. The molecule has 4 atom stereocenters. The molecule has 0 spiro atoms. The number of nitrogens with two attached hydrogens (primary N) is 2. The maximum atomic E-state index is 14.7. The van der Waals surface area contributed by atoms with Crippen LogP contribution in [-0.2, 0) is 4.74 Å². The number of aromatic nitrogens is 3. The predicted molar refractivity (Wildman–Crippen MR) is 75.3 cm³/mol. The van der Waals surface area contributed by atoms with Gasteiger partial charge in [-0.25, -0.2) is 8.91 Å². The van der Waals surface area contributed by atoms with E-state index in [0.717, 1.165) is 0 Å². The fourth-order valence-electron chi connectivity index (χ4n) is 2.41. The summed E-state index contributed by atoms with van der Waals surface area (Å²) in [6.45, 7) is -0.516. The van der Waals surface area contributed by atoms with Gasteiger partial charge in [0, 0.05) is 0 Å². The van der Waals surface area contributed by atoms with Crippen molar-refractivity contribution in [2.45, 2.75) is 22.9 Å². The van der Waals surface area contributed by atoms with Crippen molar-refractivity contribution in [1.29, 1.82) is 0 Å². The van der Waals surface area contributed by atoms with Crippen LogP contribution in [0.1, 0.15) is 11.8 Å². The minimum Gasteiger partial charge on any atom is -0.394 e. The number of hydrogen-bond acceptors (Lipinski definition) is 7. The summed E-state index contributed by atoms with van der Waals surface area (Å²) < 4.78 is 19.1. The number of nitrogens with zero attached hydrogens (tertiary/aromatic N) is 3. The first-order valence-electron chi connectivity index (χ1n) is 6.09. The van der Waals surface area contributed by atoms with Gasteiger partial charge in [-0.15, -0.1) is 5.10 Å². The zero-order valence-electron chi connectivity index (χ0n) is 10.6. The smallest absolute Gasteiger partial charge is 0.240 e. The molecular formula is C11H13BrFN5O3. The topological polar surface area (TPSA) is 132 Å². The van der Waals surface area contributed by atoms with Crippen LogP contribution < -0.4 is 11.5 Å². The van der Waals surface area contributed by atoms with E-state index in [2.05, 4.69) is 26.0 Å². The molecule has 0 saturated carbocycles. The van der Waals surface area contributed by atoms with Crippen molar-refractivity contribution in [3.05, 3.63) is 17.8 Å². The van der Waals surface area contributed by atoms with E-state index < -0.39 is 29.5 Å². The molecule has 114 valence electrons. The Bertz CT molecular complexity index is 694. The number of aliphatic hydroxyl groups is 2. The van der Waals surface area contributed by atoms with E-state index in [4.69, 9.17) is 21.3 Å². The number of ether oxygens (including phenoxy) is 1. The highest BCUT2D eigenvalue weighted by atomic mass is 79.9. The lowest BCUT2D eigenvalue weighted by Gasteiger charge is -2.21. The molecule has 3 heterocycles. The second kappa shape index (κ2) is 4.77. The minimum atomic E-state index is -2.27. The normalized spacial score (nSPS) is 32.9. The summed E-state index contributed by atoms with van der Waals surface area (Å²) in [7, 11) is 0. The molecule has 0 amide bonds. The van der Waals surface area contributed by atoms with Crippen LogP contribution in [0.2, 0.25) is 0 Å². The summed E-state index contributed by atoms with van der Waals surface area (Å²) in [5.74, 6) is 0.0683. The Morgan fingerprint density at radius 3 is 2.81 bits per heavy atom. The molecule has 0 bridgehead atoms. The Morgan fingerprint density at radius 1 is 1.48 bits per heavy atom. The van der Waals surface area contributed by atoms with Gasteiger partial charge in [0.05, 0.1) is 12.3 Å². The minimum absolute atomic E-state index is 0.0752. The maximum absolute atomic E-state index is 14.7. The van der Waals surface area contributed by atoms with Gasteiger partial charge >= 0.3 is 0 Å². The number of rotatable bonds is 2. The molecule has 2 aromatic rings. The number of nitrogen functional groups attached to an aromatic ring is 2. The fraction of sp³-hybridized carbons (Fsp3) is 0.455. The van der Waals surface area contributed by atoms with Crippen molar-refractivity contribution in [1.82, 2.24) is 14.6 Å². The van der Waals surface area contributed by atoms with Gasteiger partial charge in [-0.2, -0.15) is 4.98 Å². The average molecular weight is 362 g/mol. The van der Waals surface area contributed by atoms with E-state index in [1.807, 2.05) is 0 Å². The molecule has 0 radical (unpaired) electrons. The zero-order chi connectivity index (χ0) is 15.4. The number of fused-ring (bicyclic) bond motifs is 1. The van der Waals surface area contributed by atoms with Gasteiger partial charge in [0.15, 0.2) is 5.82 Å². The molecule has 3 rings (SSSR count). The second-order valence-electron chi connectivity index (χ2n) is 4.77. The molecule has 10 heteroatoms. The van der Waals surface area contributed by atoms with Gasteiger partial charge < -0.3 is 26.4 Å². The predicted octanol–water partition coefficient (Wildman–Crippen LogP) is -0.253. The van der Waals surface area contributed by atoms with E-state index in [1.165, 1.54) is 4.52 Å². The number of aliphatic hydroxyl groups excluding tert-OH is 2.